The number of hydrogen-bond acceptors (Lipinski definition) is 5. The zero-order valence-corrected chi connectivity index (χ0v) is 15.5. The van der Waals surface area contributed by atoms with E-state index in [-0.39, 0.29) is 18.2 Å². The van der Waals surface area contributed by atoms with Gasteiger partial charge in [-0.3, -0.25) is 9.78 Å². The van der Waals surface area contributed by atoms with Crippen LogP contribution < -0.4 is 10.1 Å². The molecule has 0 atom stereocenters. The molecule has 0 aliphatic rings. The van der Waals surface area contributed by atoms with Crippen molar-refractivity contribution < 1.29 is 27.4 Å². The molecule has 0 aliphatic heterocycles. The standard InChI is InChI=1S/C20H18F3N3O3/c1-28-9-8-24-18(27)11-15-4-2-13-10-16(5-6-17(13)26-15)29-19-7-3-14(12-25-19)20(21,22)23/h2-7,10,12H,8-9,11H2,1H3,(H,24,27). The summed E-state index contributed by atoms with van der Waals surface area (Å²) in [4.78, 5) is 20.0. The van der Waals surface area contributed by atoms with Gasteiger partial charge in [0.25, 0.3) is 0 Å². The molecule has 2 aromatic heterocycles. The van der Waals surface area contributed by atoms with Gasteiger partial charge in [-0.1, -0.05) is 6.07 Å². The third-order valence-corrected chi connectivity index (χ3v) is 3.97. The third-order valence-electron chi connectivity index (χ3n) is 3.97. The topological polar surface area (TPSA) is 73.3 Å². The quantitative estimate of drug-likeness (QED) is 0.606. The van der Waals surface area contributed by atoms with Gasteiger partial charge in [-0.2, -0.15) is 13.2 Å². The first-order chi connectivity index (χ1) is 13.8. The molecule has 6 nitrogen and oxygen atoms in total. The molecule has 3 aromatic rings. The van der Waals surface area contributed by atoms with Crippen LogP contribution in [0.25, 0.3) is 10.9 Å². The van der Waals surface area contributed by atoms with Crippen molar-refractivity contribution in [1.82, 2.24) is 15.3 Å². The Morgan fingerprint density at radius 1 is 1.14 bits per heavy atom. The molecule has 9 heteroatoms. The minimum absolute atomic E-state index is 0.0506. The average molecular weight is 405 g/mol. The number of halogens is 3. The van der Waals surface area contributed by atoms with Crippen molar-refractivity contribution in [3.63, 3.8) is 0 Å². The molecule has 3 rings (SSSR count). The first kappa shape index (κ1) is 20.5. The van der Waals surface area contributed by atoms with Crippen molar-refractivity contribution in [2.45, 2.75) is 12.6 Å². The van der Waals surface area contributed by atoms with E-state index >= 15 is 0 Å². The smallest absolute Gasteiger partial charge is 0.417 e. The van der Waals surface area contributed by atoms with Gasteiger partial charge in [0, 0.05) is 31.3 Å². The monoisotopic (exact) mass is 405 g/mol. The number of rotatable bonds is 7. The van der Waals surface area contributed by atoms with Gasteiger partial charge in [0.1, 0.15) is 5.75 Å². The number of benzene rings is 1. The molecule has 0 unspecified atom stereocenters. The van der Waals surface area contributed by atoms with Gasteiger partial charge in [0.2, 0.25) is 11.8 Å². The second-order valence-electron chi connectivity index (χ2n) is 6.16. The highest BCUT2D eigenvalue weighted by atomic mass is 19.4. The van der Waals surface area contributed by atoms with Crippen molar-refractivity contribution >= 4 is 16.8 Å². The number of aromatic nitrogens is 2. The van der Waals surface area contributed by atoms with E-state index in [0.29, 0.717) is 30.1 Å². The van der Waals surface area contributed by atoms with Gasteiger partial charge in [-0.25, -0.2) is 4.98 Å². The van der Waals surface area contributed by atoms with Crippen LogP contribution in [0.3, 0.4) is 0 Å². The van der Waals surface area contributed by atoms with E-state index in [9.17, 15) is 18.0 Å². The summed E-state index contributed by atoms with van der Waals surface area (Å²) in [6.45, 7) is 0.870. The fourth-order valence-electron chi connectivity index (χ4n) is 2.56. The fourth-order valence-corrected chi connectivity index (χ4v) is 2.56. The Morgan fingerprint density at radius 3 is 2.66 bits per heavy atom. The van der Waals surface area contributed by atoms with E-state index in [1.54, 1.807) is 37.4 Å². The van der Waals surface area contributed by atoms with Gasteiger partial charge in [0.05, 0.1) is 29.8 Å². The molecule has 1 N–H and O–H groups in total. The molecule has 0 saturated carbocycles. The lowest BCUT2D eigenvalue weighted by Crippen LogP contribution is -2.28. The minimum Gasteiger partial charge on any atom is -0.439 e. The van der Waals surface area contributed by atoms with E-state index in [4.69, 9.17) is 9.47 Å². The molecule has 29 heavy (non-hydrogen) atoms. The maximum absolute atomic E-state index is 12.6. The Bertz CT molecular complexity index is 992. The summed E-state index contributed by atoms with van der Waals surface area (Å²) in [6, 6.07) is 10.7. The summed E-state index contributed by atoms with van der Waals surface area (Å²) in [6.07, 6.45) is -3.58. The molecule has 0 bridgehead atoms. The second kappa shape index (κ2) is 8.87. The highest BCUT2D eigenvalue weighted by molar-refractivity contribution is 5.82. The van der Waals surface area contributed by atoms with Crippen molar-refractivity contribution in [2.75, 3.05) is 20.3 Å². The third kappa shape index (κ3) is 5.64. The van der Waals surface area contributed by atoms with E-state index in [1.807, 2.05) is 0 Å². The molecule has 1 aromatic carbocycles. The lowest BCUT2D eigenvalue weighted by Gasteiger charge is -2.09. The van der Waals surface area contributed by atoms with Crippen LogP contribution in [0.4, 0.5) is 13.2 Å². The van der Waals surface area contributed by atoms with Crippen LogP contribution in [0.2, 0.25) is 0 Å². The minimum atomic E-state index is -4.45. The molecule has 2 heterocycles. The van der Waals surface area contributed by atoms with Crippen LogP contribution in [0.15, 0.2) is 48.7 Å². The number of nitrogens with zero attached hydrogens (tertiary/aromatic N) is 2. The molecular formula is C20H18F3N3O3. The number of carbonyl (C=O) groups is 1. The summed E-state index contributed by atoms with van der Waals surface area (Å²) >= 11 is 0. The Kier molecular flexibility index (Phi) is 6.28. The summed E-state index contributed by atoms with van der Waals surface area (Å²) in [7, 11) is 1.56. The average Bonchev–Trinajstić information content (AvgIpc) is 2.68. The number of hydrogen-bond donors (Lipinski definition) is 1. The van der Waals surface area contributed by atoms with Gasteiger partial charge < -0.3 is 14.8 Å². The molecule has 0 aliphatic carbocycles. The summed E-state index contributed by atoms with van der Waals surface area (Å²) in [5.41, 5.74) is 0.441. The van der Waals surface area contributed by atoms with Gasteiger partial charge in [-0.15, -0.1) is 0 Å². The highest BCUT2D eigenvalue weighted by Gasteiger charge is 2.30. The normalized spacial score (nSPS) is 11.4. The predicted molar refractivity (Wildman–Crippen MR) is 99.6 cm³/mol. The van der Waals surface area contributed by atoms with E-state index < -0.39 is 11.7 Å². The first-order valence-electron chi connectivity index (χ1n) is 8.71. The highest BCUT2D eigenvalue weighted by Crippen LogP contribution is 2.30. The Labute approximate surface area is 164 Å². The van der Waals surface area contributed by atoms with Gasteiger partial charge in [-0.05, 0) is 30.3 Å². The number of alkyl halides is 3. The van der Waals surface area contributed by atoms with Crippen LogP contribution in [0.5, 0.6) is 11.6 Å². The number of amides is 1. The van der Waals surface area contributed by atoms with Crippen LogP contribution in [0.1, 0.15) is 11.3 Å². The number of ether oxygens (including phenoxy) is 2. The number of fused-ring (bicyclic) bond motifs is 1. The fraction of sp³-hybridized carbons (Fsp3) is 0.250. The zero-order valence-electron chi connectivity index (χ0n) is 15.5. The van der Waals surface area contributed by atoms with Crippen molar-refractivity contribution in [1.29, 1.82) is 0 Å². The Balaban J connectivity index is 1.68. The maximum atomic E-state index is 12.6. The number of pyridine rings is 2. The number of methoxy groups -OCH3 is 1. The van der Waals surface area contributed by atoms with E-state index in [0.717, 1.165) is 23.7 Å². The Morgan fingerprint density at radius 2 is 1.97 bits per heavy atom. The van der Waals surface area contributed by atoms with Crippen molar-refractivity contribution in [2.24, 2.45) is 0 Å². The second-order valence-corrected chi connectivity index (χ2v) is 6.16. The van der Waals surface area contributed by atoms with Crippen LogP contribution in [-0.4, -0.2) is 36.1 Å². The summed E-state index contributed by atoms with van der Waals surface area (Å²) < 4.78 is 48.2. The molecule has 152 valence electrons. The molecule has 0 fully saturated rings. The molecular weight excluding hydrogens is 387 g/mol. The van der Waals surface area contributed by atoms with Crippen LogP contribution in [0, 0.1) is 0 Å². The van der Waals surface area contributed by atoms with Crippen LogP contribution in [-0.2, 0) is 22.1 Å². The van der Waals surface area contributed by atoms with E-state index in [2.05, 4.69) is 15.3 Å². The summed E-state index contributed by atoms with van der Waals surface area (Å²) in [5, 5.41) is 3.49. The first-order valence-corrected chi connectivity index (χ1v) is 8.71. The van der Waals surface area contributed by atoms with Crippen LogP contribution >= 0.6 is 0 Å². The van der Waals surface area contributed by atoms with E-state index in [1.165, 1.54) is 0 Å². The van der Waals surface area contributed by atoms with Crippen molar-refractivity contribution in [3.05, 3.63) is 59.9 Å². The molecule has 1 amide bonds. The molecule has 0 saturated heterocycles. The van der Waals surface area contributed by atoms with Gasteiger partial charge >= 0.3 is 6.18 Å². The number of nitrogens with one attached hydrogen (secondary N) is 1. The van der Waals surface area contributed by atoms with Crippen molar-refractivity contribution in [3.8, 4) is 11.6 Å². The lowest BCUT2D eigenvalue weighted by molar-refractivity contribution is -0.137. The molecule has 0 spiro atoms. The summed E-state index contributed by atoms with van der Waals surface area (Å²) in [5.74, 6) is 0.313. The van der Waals surface area contributed by atoms with Gasteiger partial charge in [0.15, 0.2) is 0 Å². The lowest BCUT2D eigenvalue weighted by atomic mass is 10.1. The zero-order chi connectivity index (χ0) is 20.9. The number of carbonyl (C=O) groups excluding carboxylic acids is 1. The SMILES string of the molecule is COCCNC(=O)Cc1ccc2cc(Oc3ccc(C(F)(F)F)cn3)ccc2n1. The predicted octanol–water partition coefficient (Wildman–Crippen LogP) is 3.75. The molecule has 0 radical (unpaired) electrons. The maximum Gasteiger partial charge on any atom is 0.417 e. The Hall–Kier alpha value is -3.20. The largest absolute Gasteiger partial charge is 0.439 e.